The molecule has 32 heavy (non-hydrogen) atoms. The fraction of sp³-hybridized carbons (Fsp3) is 0.565. The van der Waals surface area contributed by atoms with Crippen LogP contribution in [-0.4, -0.2) is 18.3 Å². The normalized spacial score (nSPS) is 17.4. The van der Waals surface area contributed by atoms with Crippen molar-refractivity contribution in [2.45, 2.75) is 77.6 Å². The van der Waals surface area contributed by atoms with Gasteiger partial charge in [0, 0.05) is 23.9 Å². The maximum Gasteiger partial charge on any atom is 0.107 e. The Balaban J connectivity index is 4.68. The lowest BCUT2D eigenvalue weighted by Crippen LogP contribution is -2.25. The predicted octanol–water partition coefficient (Wildman–Crippen LogP) is 9.09. The summed E-state index contributed by atoms with van der Waals surface area (Å²) in [6.07, 6.45) is 27.9. The van der Waals surface area contributed by atoms with Crippen LogP contribution in [0.15, 0.2) is 60.8 Å². The van der Waals surface area contributed by atoms with E-state index < -0.39 is 7.53 Å². The molecule has 3 nitrogen and oxygen atoms in total. The van der Waals surface area contributed by atoms with Gasteiger partial charge in [-0.15, -0.1) is 0 Å². The van der Waals surface area contributed by atoms with Gasteiger partial charge in [-0.1, -0.05) is 134 Å². The van der Waals surface area contributed by atoms with Crippen LogP contribution in [0.2, 0.25) is 0 Å². The molecular weight excluding hydrogens is 510 g/mol. The van der Waals surface area contributed by atoms with Gasteiger partial charge in [-0.05, 0) is 12.8 Å². The summed E-state index contributed by atoms with van der Waals surface area (Å²) in [5, 5.41) is 0. The Labute approximate surface area is 209 Å². The molecule has 0 N–H and O–H groups in total. The van der Waals surface area contributed by atoms with Crippen molar-refractivity contribution in [2.24, 2.45) is 5.92 Å². The molecule has 0 radical (unpaired) electrons. The molecule has 0 aliphatic carbocycles. The molecule has 9 heteroatoms. The van der Waals surface area contributed by atoms with Crippen LogP contribution in [-0.2, 0) is 13.6 Å². The maximum absolute atomic E-state index is 6.01. The van der Waals surface area contributed by atoms with E-state index >= 15 is 0 Å². The Morgan fingerprint density at radius 1 is 0.875 bits per heavy atom. The van der Waals surface area contributed by atoms with Crippen LogP contribution in [0, 0.1) is 5.92 Å². The Morgan fingerprint density at radius 3 is 2.09 bits per heavy atom. The fourth-order valence-electron chi connectivity index (χ4n) is 2.90. The fourth-order valence-corrected chi connectivity index (χ4v) is 5.43. The summed E-state index contributed by atoms with van der Waals surface area (Å²) < 4.78 is 17.5. The number of rotatable bonds is 19. The summed E-state index contributed by atoms with van der Waals surface area (Å²) in [6.45, 7) is 6.55. The predicted molar refractivity (Wildman–Crippen MR) is 163 cm³/mol. The van der Waals surface area contributed by atoms with Crippen molar-refractivity contribution < 1.29 is 13.6 Å². The summed E-state index contributed by atoms with van der Waals surface area (Å²) >= 11 is 0. The summed E-state index contributed by atoms with van der Waals surface area (Å²) in [5.74, 6) is 0.309. The Kier molecular flexibility index (Phi) is 24.7. The monoisotopic (exact) mass is 554 g/mol. The number of hydrogen-bond donors (Lipinski definition) is 0. The van der Waals surface area contributed by atoms with Gasteiger partial charge in [-0.3, -0.25) is 0 Å². The van der Waals surface area contributed by atoms with Crippen LogP contribution >= 0.6 is 52.3 Å². The van der Waals surface area contributed by atoms with E-state index in [-0.39, 0.29) is 18.3 Å². The second kappa shape index (κ2) is 23.9. The summed E-state index contributed by atoms with van der Waals surface area (Å²) in [6, 6.07) is 0. The standard InChI is InChI=1S/C23H44O3P6/c1-4-6-8-14-18-22(24-27)23(25-31-28)19-15-12-10-9-11-13-16-20(3)21(17-7-5-2)26-32(29)30/h7,9-13,15-17,19-23,31H,4-6,8,14,18,27-30H2,1-3H3/b11-9+,12-10-,16-13+,17-7-,19-15+. The molecule has 0 saturated carbocycles. The second-order valence-electron chi connectivity index (χ2n) is 7.39. The van der Waals surface area contributed by atoms with Crippen molar-refractivity contribution in [3.63, 3.8) is 0 Å². The first-order valence-electron chi connectivity index (χ1n) is 11.3. The molecule has 0 aromatic rings. The van der Waals surface area contributed by atoms with Crippen LogP contribution in [0.5, 0.6) is 0 Å². The van der Waals surface area contributed by atoms with Crippen molar-refractivity contribution in [3.05, 3.63) is 60.8 Å². The van der Waals surface area contributed by atoms with Gasteiger partial charge in [0.05, 0.1) is 19.7 Å². The minimum absolute atomic E-state index is 0.0358. The van der Waals surface area contributed by atoms with Crippen LogP contribution in [0.4, 0.5) is 0 Å². The van der Waals surface area contributed by atoms with E-state index in [0.717, 1.165) is 12.8 Å². The molecule has 0 rings (SSSR count). The molecule has 0 aromatic carbocycles. The Hall–Kier alpha value is 1.16. The highest BCUT2D eigenvalue weighted by Crippen LogP contribution is 2.55. The van der Waals surface area contributed by atoms with Crippen molar-refractivity contribution in [2.75, 3.05) is 0 Å². The van der Waals surface area contributed by atoms with Crippen molar-refractivity contribution in [1.29, 1.82) is 0 Å². The second-order valence-corrected chi connectivity index (χ2v) is 14.6. The topological polar surface area (TPSA) is 27.7 Å². The summed E-state index contributed by atoms with van der Waals surface area (Å²) in [5.41, 5.74) is 0. The van der Waals surface area contributed by atoms with Crippen molar-refractivity contribution >= 4 is 52.3 Å². The number of hydrogen-bond acceptors (Lipinski definition) is 3. The quantitative estimate of drug-likeness (QED) is 0.0690. The molecular formula is C23H44O3P6. The number of allylic oxidation sites excluding steroid dienone is 7. The molecule has 0 heterocycles. The van der Waals surface area contributed by atoms with Gasteiger partial charge in [0.25, 0.3) is 0 Å². The highest BCUT2D eigenvalue weighted by molar-refractivity contribution is 8.41. The molecule has 184 valence electrons. The molecule has 0 aliphatic heterocycles. The largest absolute Gasteiger partial charge is 0.359 e. The first-order chi connectivity index (χ1) is 15.5. The summed E-state index contributed by atoms with van der Waals surface area (Å²) in [7, 11) is 10.3. The zero-order valence-corrected chi connectivity index (χ0v) is 26.3. The van der Waals surface area contributed by atoms with Gasteiger partial charge in [0.2, 0.25) is 0 Å². The van der Waals surface area contributed by atoms with Gasteiger partial charge >= 0.3 is 0 Å². The molecule has 0 saturated heterocycles. The lowest BCUT2D eigenvalue weighted by molar-refractivity contribution is 0.104. The first kappa shape index (κ1) is 33.2. The highest BCUT2D eigenvalue weighted by Gasteiger charge is 2.18. The molecule has 9 atom stereocenters. The van der Waals surface area contributed by atoms with Crippen LogP contribution in [0.3, 0.4) is 0 Å². The lowest BCUT2D eigenvalue weighted by Gasteiger charge is -2.22. The van der Waals surface area contributed by atoms with Gasteiger partial charge in [0.1, 0.15) is 6.10 Å². The van der Waals surface area contributed by atoms with E-state index in [9.17, 15) is 0 Å². The maximum atomic E-state index is 6.01. The van der Waals surface area contributed by atoms with Crippen LogP contribution in [0.1, 0.15) is 59.3 Å². The minimum atomic E-state index is -0.548. The SMILES string of the molecule is CC/C=C\C(OP(P)P)C(C)/C=C/C=C/C=C\C=C\C(OPP)C(CCCCCC)OP. The van der Waals surface area contributed by atoms with E-state index in [1.54, 1.807) is 0 Å². The molecule has 0 spiro atoms. The molecule has 0 amide bonds. The minimum Gasteiger partial charge on any atom is -0.359 e. The van der Waals surface area contributed by atoms with Gasteiger partial charge < -0.3 is 13.6 Å². The molecule has 0 aliphatic rings. The average molecular weight is 554 g/mol. The third-order valence-corrected chi connectivity index (χ3v) is 7.06. The van der Waals surface area contributed by atoms with E-state index in [2.05, 4.69) is 87.4 Å². The van der Waals surface area contributed by atoms with Gasteiger partial charge in [-0.2, -0.15) is 0 Å². The molecule has 9 unspecified atom stereocenters. The van der Waals surface area contributed by atoms with Crippen molar-refractivity contribution in [1.82, 2.24) is 0 Å². The average Bonchev–Trinajstić information content (AvgIpc) is 2.77. The third kappa shape index (κ3) is 18.5. The molecule has 0 aromatic heterocycles. The Bertz CT molecular complexity index is 578. The smallest absolute Gasteiger partial charge is 0.107 e. The molecule has 0 bridgehead atoms. The zero-order valence-electron chi connectivity index (χ0n) is 19.8. The van der Waals surface area contributed by atoms with Gasteiger partial charge in [-0.25, -0.2) is 0 Å². The highest BCUT2D eigenvalue weighted by atomic mass is 32.4. The van der Waals surface area contributed by atoms with E-state index in [1.165, 1.54) is 25.7 Å². The number of unbranched alkanes of at least 4 members (excludes halogenated alkanes) is 3. The van der Waals surface area contributed by atoms with E-state index in [0.29, 0.717) is 14.4 Å². The van der Waals surface area contributed by atoms with E-state index in [1.807, 2.05) is 30.4 Å². The van der Waals surface area contributed by atoms with Gasteiger partial charge in [0.15, 0.2) is 0 Å². The Morgan fingerprint density at radius 2 is 1.53 bits per heavy atom. The first-order valence-corrected chi connectivity index (χ1v) is 19.0. The lowest BCUT2D eigenvalue weighted by atomic mass is 10.0. The van der Waals surface area contributed by atoms with Crippen molar-refractivity contribution in [3.8, 4) is 0 Å². The van der Waals surface area contributed by atoms with Crippen LogP contribution in [0.25, 0.3) is 0 Å². The summed E-state index contributed by atoms with van der Waals surface area (Å²) in [4.78, 5) is 0. The van der Waals surface area contributed by atoms with E-state index in [4.69, 9.17) is 13.6 Å². The molecule has 0 fully saturated rings. The third-order valence-electron chi connectivity index (χ3n) is 4.68. The van der Waals surface area contributed by atoms with Crippen LogP contribution < -0.4 is 0 Å². The zero-order chi connectivity index (χ0) is 24.0.